The van der Waals surface area contributed by atoms with E-state index in [0.717, 1.165) is 33.1 Å². The summed E-state index contributed by atoms with van der Waals surface area (Å²) in [5, 5.41) is 4.11. The van der Waals surface area contributed by atoms with Crippen molar-refractivity contribution in [1.82, 2.24) is 19.1 Å². The maximum absolute atomic E-state index is 6.03. The van der Waals surface area contributed by atoms with Gasteiger partial charge in [0, 0.05) is 5.56 Å². The molecule has 27 heavy (non-hydrogen) atoms. The minimum absolute atomic E-state index is 0.490. The second-order valence-electron chi connectivity index (χ2n) is 6.29. The molecule has 0 spiro atoms. The molecule has 6 heteroatoms. The van der Waals surface area contributed by atoms with Crippen molar-refractivity contribution in [2.24, 2.45) is 0 Å². The predicted octanol–water partition coefficient (Wildman–Crippen LogP) is 4.48. The summed E-state index contributed by atoms with van der Waals surface area (Å²) in [6.07, 6.45) is 1.88. The summed E-state index contributed by atoms with van der Waals surface area (Å²) >= 11 is 1.43. The zero-order valence-corrected chi connectivity index (χ0v) is 15.9. The third kappa shape index (κ3) is 4.13. The lowest BCUT2D eigenvalue weighted by Gasteiger charge is -2.11. The summed E-state index contributed by atoms with van der Waals surface area (Å²) in [5.74, 6) is 0. The minimum Gasteiger partial charge on any atom is -0.370 e. The van der Waals surface area contributed by atoms with Crippen LogP contribution in [0.1, 0.15) is 21.8 Å². The Kier molecular flexibility index (Phi) is 5.37. The van der Waals surface area contributed by atoms with E-state index in [1.54, 1.807) is 0 Å². The Morgan fingerprint density at radius 3 is 2.41 bits per heavy atom. The third-order valence-corrected chi connectivity index (χ3v) is 5.21. The molecule has 0 saturated carbocycles. The average Bonchev–Trinajstić information content (AvgIpc) is 3.30. The number of rotatable bonds is 7. The van der Waals surface area contributed by atoms with Gasteiger partial charge in [0.1, 0.15) is 0 Å². The van der Waals surface area contributed by atoms with Crippen LogP contribution in [0.15, 0.2) is 67.0 Å². The highest BCUT2D eigenvalue weighted by Gasteiger charge is 2.15. The molecule has 136 valence electrons. The summed E-state index contributed by atoms with van der Waals surface area (Å²) < 4.78 is 12.2. The first kappa shape index (κ1) is 17.6. The molecule has 0 aliphatic rings. The van der Waals surface area contributed by atoms with Crippen LogP contribution in [0.2, 0.25) is 0 Å². The average molecular weight is 376 g/mol. The summed E-state index contributed by atoms with van der Waals surface area (Å²) in [4.78, 5) is 5.80. The highest BCUT2D eigenvalue weighted by Crippen LogP contribution is 2.24. The van der Waals surface area contributed by atoms with Gasteiger partial charge in [-0.25, -0.2) is 4.98 Å². The van der Waals surface area contributed by atoms with E-state index >= 15 is 0 Å². The molecule has 0 atom stereocenters. The molecule has 4 aromatic rings. The number of nitrogens with zero attached hydrogens (tertiary/aromatic N) is 4. The number of hydrogen-bond acceptors (Lipinski definition) is 5. The normalized spacial score (nSPS) is 11.0. The first-order valence-corrected chi connectivity index (χ1v) is 9.57. The lowest BCUT2D eigenvalue weighted by atomic mass is 10.1. The van der Waals surface area contributed by atoms with E-state index in [9.17, 15) is 0 Å². The highest BCUT2D eigenvalue weighted by molar-refractivity contribution is 7.05. The van der Waals surface area contributed by atoms with Crippen molar-refractivity contribution in [3.63, 3.8) is 0 Å². The molecular weight excluding hydrogens is 356 g/mol. The molecule has 0 radical (unpaired) electrons. The number of benzene rings is 2. The van der Waals surface area contributed by atoms with Crippen LogP contribution in [0, 0.1) is 6.92 Å². The third-order valence-electron chi connectivity index (χ3n) is 4.40. The van der Waals surface area contributed by atoms with E-state index in [1.165, 1.54) is 11.5 Å². The summed E-state index contributed by atoms with van der Waals surface area (Å²) in [6, 6.07) is 20.4. The molecule has 5 nitrogen and oxygen atoms in total. The summed E-state index contributed by atoms with van der Waals surface area (Å²) in [5.41, 5.74) is 5.23. The Hall–Kier alpha value is -2.83. The van der Waals surface area contributed by atoms with Crippen LogP contribution < -0.4 is 0 Å². The van der Waals surface area contributed by atoms with Gasteiger partial charge in [-0.15, -0.1) is 5.10 Å². The van der Waals surface area contributed by atoms with Gasteiger partial charge in [-0.1, -0.05) is 65.2 Å². The Labute approximate surface area is 162 Å². The first-order valence-electron chi connectivity index (χ1n) is 8.80. The molecule has 0 amide bonds. The van der Waals surface area contributed by atoms with E-state index in [0.29, 0.717) is 19.8 Å². The SMILES string of the molecule is Cc1nnsc1Cn1cnc(-c2ccccc2)c1COCc1ccccc1. The minimum atomic E-state index is 0.490. The Morgan fingerprint density at radius 2 is 1.70 bits per heavy atom. The van der Waals surface area contributed by atoms with Gasteiger partial charge < -0.3 is 9.30 Å². The van der Waals surface area contributed by atoms with Crippen molar-refractivity contribution in [3.8, 4) is 11.3 Å². The van der Waals surface area contributed by atoms with Crippen molar-refractivity contribution >= 4 is 11.5 Å². The van der Waals surface area contributed by atoms with Gasteiger partial charge in [-0.05, 0) is 24.0 Å². The first-order chi connectivity index (χ1) is 13.3. The Morgan fingerprint density at radius 1 is 0.963 bits per heavy atom. The fraction of sp³-hybridized carbons (Fsp3) is 0.190. The molecule has 0 saturated heterocycles. The second-order valence-corrected chi connectivity index (χ2v) is 7.13. The molecule has 2 aromatic carbocycles. The molecular formula is C21H20N4OS. The standard InChI is InChI=1S/C21H20N4OS/c1-16-20(27-24-23-16)12-25-15-22-21(18-10-6-3-7-11-18)19(25)14-26-13-17-8-4-2-5-9-17/h2-11,15H,12-14H2,1H3. The molecule has 0 fully saturated rings. The van der Waals surface area contributed by atoms with Gasteiger partial charge >= 0.3 is 0 Å². The molecule has 4 rings (SSSR count). The summed E-state index contributed by atoms with van der Waals surface area (Å²) in [7, 11) is 0. The Bertz CT molecular complexity index is 995. The van der Waals surface area contributed by atoms with E-state index in [4.69, 9.17) is 4.74 Å². The maximum Gasteiger partial charge on any atom is 0.0960 e. The number of ether oxygens (including phenoxy) is 1. The van der Waals surface area contributed by atoms with Crippen molar-refractivity contribution < 1.29 is 4.74 Å². The van der Waals surface area contributed by atoms with Crippen LogP contribution in [-0.4, -0.2) is 19.1 Å². The molecule has 2 aromatic heterocycles. The quantitative estimate of drug-likeness (QED) is 0.477. The van der Waals surface area contributed by atoms with Crippen molar-refractivity contribution in [3.05, 3.63) is 88.8 Å². The molecule has 0 unspecified atom stereocenters. The fourth-order valence-corrected chi connectivity index (χ4v) is 3.55. The number of aromatic nitrogens is 4. The van der Waals surface area contributed by atoms with Crippen molar-refractivity contribution in [2.75, 3.05) is 0 Å². The van der Waals surface area contributed by atoms with E-state index < -0.39 is 0 Å². The van der Waals surface area contributed by atoms with E-state index in [-0.39, 0.29) is 0 Å². The van der Waals surface area contributed by atoms with Gasteiger partial charge in [-0.3, -0.25) is 0 Å². The molecule has 0 aliphatic heterocycles. The summed E-state index contributed by atoms with van der Waals surface area (Å²) in [6.45, 7) is 3.75. The largest absolute Gasteiger partial charge is 0.370 e. The van der Waals surface area contributed by atoms with Crippen LogP contribution in [0.5, 0.6) is 0 Å². The molecule has 0 bridgehead atoms. The smallest absolute Gasteiger partial charge is 0.0960 e. The maximum atomic E-state index is 6.03. The lowest BCUT2D eigenvalue weighted by molar-refractivity contribution is 0.103. The van der Waals surface area contributed by atoms with Crippen LogP contribution in [0.4, 0.5) is 0 Å². The van der Waals surface area contributed by atoms with Gasteiger partial charge in [0.05, 0.1) is 48.0 Å². The monoisotopic (exact) mass is 376 g/mol. The van der Waals surface area contributed by atoms with Gasteiger partial charge in [0.2, 0.25) is 0 Å². The lowest BCUT2D eigenvalue weighted by Crippen LogP contribution is -2.06. The molecule has 0 N–H and O–H groups in total. The molecule has 2 heterocycles. The van der Waals surface area contributed by atoms with Crippen molar-refractivity contribution in [2.45, 2.75) is 26.7 Å². The van der Waals surface area contributed by atoms with Gasteiger partial charge in [0.15, 0.2) is 0 Å². The molecule has 0 aliphatic carbocycles. The van der Waals surface area contributed by atoms with E-state index in [2.05, 4.69) is 43.4 Å². The Balaban J connectivity index is 1.59. The second kappa shape index (κ2) is 8.24. The van der Waals surface area contributed by atoms with Crippen LogP contribution in [0.3, 0.4) is 0 Å². The van der Waals surface area contributed by atoms with Gasteiger partial charge in [-0.2, -0.15) is 0 Å². The topological polar surface area (TPSA) is 52.8 Å². The van der Waals surface area contributed by atoms with Crippen LogP contribution >= 0.6 is 11.5 Å². The zero-order valence-electron chi connectivity index (χ0n) is 15.1. The number of hydrogen-bond donors (Lipinski definition) is 0. The highest BCUT2D eigenvalue weighted by atomic mass is 32.1. The van der Waals surface area contributed by atoms with Crippen molar-refractivity contribution in [1.29, 1.82) is 0 Å². The van der Waals surface area contributed by atoms with Crippen LogP contribution in [-0.2, 0) is 24.5 Å². The van der Waals surface area contributed by atoms with Gasteiger partial charge in [0.25, 0.3) is 0 Å². The zero-order chi connectivity index (χ0) is 18.5. The number of aryl methyl sites for hydroxylation is 1. The fourth-order valence-electron chi connectivity index (χ4n) is 2.92. The predicted molar refractivity (Wildman–Crippen MR) is 106 cm³/mol. The van der Waals surface area contributed by atoms with E-state index in [1.807, 2.05) is 49.6 Å². The number of imidazole rings is 1. The van der Waals surface area contributed by atoms with Crippen LogP contribution in [0.25, 0.3) is 11.3 Å².